The first-order valence-electron chi connectivity index (χ1n) is 5.97. The minimum atomic E-state index is -3.72. The number of rotatable bonds is 4. The van der Waals surface area contributed by atoms with Crippen molar-refractivity contribution in [2.45, 2.75) is 17.4 Å². The number of hydrogen-bond acceptors (Lipinski definition) is 5. The SMILES string of the molecule is CNC1CCN(S(=O)(=O)c2ccc([N+](=O)[O-])cc2Cl)C1. The predicted molar refractivity (Wildman–Crippen MR) is 74.3 cm³/mol. The van der Waals surface area contributed by atoms with E-state index in [2.05, 4.69) is 5.32 Å². The summed E-state index contributed by atoms with van der Waals surface area (Å²) in [6.07, 6.45) is 0.723. The van der Waals surface area contributed by atoms with Crippen LogP contribution in [0.15, 0.2) is 23.1 Å². The minimum Gasteiger partial charge on any atom is -0.316 e. The van der Waals surface area contributed by atoms with E-state index in [1.807, 2.05) is 0 Å². The quantitative estimate of drug-likeness (QED) is 0.665. The van der Waals surface area contributed by atoms with Crippen molar-refractivity contribution in [3.05, 3.63) is 33.3 Å². The number of hydrogen-bond donors (Lipinski definition) is 1. The van der Waals surface area contributed by atoms with Gasteiger partial charge in [-0.1, -0.05) is 11.6 Å². The summed E-state index contributed by atoms with van der Waals surface area (Å²) in [5, 5.41) is 13.5. The number of nitrogens with zero attached hydrogens (tertiary/aromatic N) is 2. The van der Waals surface area contributed by atoms with Crippen molar-refractivity contribution in [2.24, 2.45) is 0 Å². The molecule has 1 unspecified atom stereocenters. The fourth-order valence-electron chi connectivity index (χ4n) is 2.13. The fourth-order valence-corrected chi connectivity index (χ4v) is 4.15. The van der Waals surface area contributed by atoms with E-state index in [-0.39, 0.29) is 21.6 Å². The lowest BCUT2D eigenvalue weighted by Crippen LogP contribution is -2.33. The maximum Gasteiger partial charge on any atom is 0.271 e. The molecular formula is C11H14ClN3O4S. The Kier molecular flexibility index (Phi) is 4.28. The van der Waals surface area contributed by atoms with Gasteiger partial charge in [-0.2, -0.15) is 4.31 Å². The second kappa shape index (κ2) is 5.65. The molecule has 7 nitrogen and oxygen atoms in total. The Bertz CT molecular complexity index is 635. The van der Waals surface area contributed by atoms with E-state index in [0.29, 0.717) is 13.1 Å². The number of nitro benzene ring substituents is 1. The third kappa shape index (κ3) is 2.78. The summed E-state index contributed by atoms with van der Waals surface area (Å²) in [5.41, 5.74) is -0.233. The normalized spacial score (nSPS) is 20.2. The molecule has 9 heteroatoms. The average Bonchev–Trinajstić information content (AvgIpc) is 2.87. The first kappa shape index (κ1) is 15.2. The van der Waals surface area contributed by atoms with E-state index < -0.39 is 14.9 Å². The van der Waals surface area contributed by atoms with Crippen molar-refractivity contribution in [1.29, 1.82) is 0 Å². The van der Waals surface area contributed by atoms with Crippen LogP contribution in [0.2, 0.25) is 5.02 Å². The molecule has 2 rings (SSSR count). The zero-order valence-corrected chi connectivity index (χ0v) is 12.3. The molecule has 1 fully saturated rings. The lowest BCUT2D eigenvalue weighted by molar-refractivity contribution is -0.384. The average molecular weight is 320 g/mol. The number of nitro groups is 1. The van der Waals surface area contributed by atoms with Crippen LogP contribution < -0.4 is 5.32 Å². The van der Waals surface area contributed by atoms with Crippen LogP contribution in [-0.4, -0.2) is 43.8 Å². The molecule has 1 atom stereocenters. The molecule has 1 aliphatic rings. The van der Waals surface area contributed by atoms with Crippen molar-refractivity contribution < 1.29 is 13.3 Å². The monoisotopic (exact) mass is 319 g/mol. The third-order valence-corrected chi connectivity index (χ3v) is 5.65. The number of non-ortho nitro benzene ring substituents is 1. The first-order chi connectivity index (χ1) is 9.36. The van der Waals surface area contributed by atoms with Crippen molar-refractivity contribution in [1.82, 2.24) is 9.62 Å². The van der Waals surface area contributed by atoms with Crippen LogP contribution in [0.4, 0.5) is 5.69 Å². The van der Waals surface area contributed by atoms with Crippen LogP contribution in [0, 0.1) is 10.1 Å². The van der Waals surface area contributed by atoms with Gasteiger partial charge in [-0.3, -0.25) is 10.1 Å². The molecule has 0 amide bonds. The summed E-state index contributed by atoms with van der Waals surface area (Å²) in [7, 11) is -1.94. The van der Waals surface area contributed by atoms with Crippen LogP contribution in [0.3, 0.4) is 0 Å². The summed E-state index contributed by atoms with van der Waals surface area (Å²) >= 11 is 5.88. The summed E-state index contributed by atoms with van der Waals surface area (Å²) in [6, 6.07) is 3.49. The standard InChI is InChI=1S/C11H14ClN3O4S/c1-13-8-4-5-14(7-8)20(18,19)11-3-2-9(15(16)17)6-10(11)12/h2-3,6,8,13H,4-5,7H2,1H3. The molecule has 1 heterocycles. The molecule has 1 aromatic carbocycles. The molecule has 0 saturated carbocycles. The smallest absolute Gasteiger partial charge is 0.271 e. The Hall–Kier alpha value is -1.22. The number of likely N-dealkylation sites (N-methyl/N-ethyl adjacent to an activating group) is 1. The summed E-state index contributed by atoms with van der Waals surface area (Å²) < 4.78 is 26.2. The number of sulfonamides is 1. The molecule has 1 saturated heterocycles. The van der Waals surface area contributed by atoms with Crippen LogP contribution >= 0.6 is 11.6 Å². The Labute approximate surface area is 121 Å². The molecule has 110 valence electrons. The first-order valence-corrected chi connectivity index (χ1v) is 7.79. The van der Waals surface area contributed by atoms with E-state index in [1.165, 1.54) is 10.4 Å². The van der Waals surface area contributed by atoms with E-state index in [0.717, 1.165) is 18.6 Å². The van der Waals surface area contributed by atoms with Gasteiger partial charge in [-0.05, 0) is 19.5 Å². The lowest BCUT2D eigenvalue weighted by atomic mass is 10.3. The van der Waals surface area contributed by atoms with Gasteiger partial charge in [0, 0.05) is 31.3 Å². The fraction of sp³-hybridized carbons (Fsp3) is 0.455. The van der Waals surface area contributed by atoms with Crippen LogP contribution in [0.1, 0.15) is 6.42 Å². The third-order valence-electron chi connectivity index (χ3n) is 3.30. The van der Waals surface area contributed by atoms with E-state index >= 15 is 0 Å². The highest BCUT2D eigenvalue weighted by Gasteiger charge is 2.33. The number of nitrogens with one attached hydrogen (secondary N) is 1. The van der Waals surface area contributed by atoms with Crippen molar-refractivity contribution >= 4 is 27.3 Å². The zero-order chi connectivity index (χ0) is 14.9. The zero-order valence-electron chi connectivity index (χ0n) is 10.7. The highest BCUT2D eigenvalue weighted by molar-refractivity contribution is 7.89. The van der Waals surface area contributed by atoms with Gasteiger partial charge >= 0.3 is 0 Å². The van der Waals surface area contributed by atoms with E-state index in [1.54, 1.807) is 7.05 Å². The maximum absolute atomic E-state index is 12.4. The molecule has 1 aliphatic heterocycles. The highest BCUT2D eigenvalue weighted by Crippen LogP contribution is 2.30. The Morgan fingerprint density at radius 2 is 2.20 bits per heavy atom. The van der Waals surface area contributed by atoms with Crippen molar-refractivity contribution in [2.75, 3.05) is 20.1 Å². The van der Waals surface area contributed by atoms with Crippen LogP contribution in [-0.2, 0) is 10.0 Å². The highest BCUT2D eigenvalue weighted by atomic mass is 35.5. The van der Waals surface area contributed by atoms with Crippen molar-refractivity contribution in [3.8, 4) is 0 Å². The van der Waals surface area contributed by atoms with Crippen molar-refractivity contribution in [3.63, 3.8) is 0 Å². The lowest BCUT2D eigenvalue weighted by Gasteiger charge is -2.17. The van der Waals surface area contributed by atoms with E-state index in [4.69, 9.17) is 11.6 Å². The molecule has 0 spiro atoms. The van der Waals surface area contributed by atoms with E-state index in [9.17, 15) is 18.5 Å². The van der Waals surface area contributed by atoms with Gasteiger partial charge in [0.05, 0.1) is 9.95 Å². The topological polar surface area (TPSA) is 92.6 Å². The number of benzene rings is 1. The van der Waals surface area contributed by atoms with Gasteiger partial charge in [0.1, 0.15) is 4.90 Å². The molecule has 0 bridgehead atoms. The summed E-state index contributed by atoms with van der Waals surface area (Å²) in [4.78, 5) is 9.92. The Balaban J connectivity index is 2.33. The molecule has 0 aromatic heterocycles. The molecule has 0 aliphatic carbocycles. The van der Waals surface area contributed by atoms with Gasteiger partial charge in [0.25, 0.3) is 5.69 Å². The Morgan fingerprint density at radius 1 is 1.50 bits per heavy atom. The second-order valence-electron chi connectivity index (χ2n) is 4.51. The summed E-state index contributed by atoms with van der Waals surface area (Å²) in [5.74, 6) is 0. The Morgan fingerprint density at radius 3 is 2.70 bits per heavy atom. The molecular weight excluding hydrogens is 306 g/mol. The molecule has 0 radical (unpaired) electrons. The van der Waals surface area contributed by atoms with Gasteiger partial charge in [0.2, 0.25) is 10.0 Å². The van der Waals surface area contributed by atoms with Gasteiger partial charge in [0.15, 0.2) is 0 Å². The maximum atomic E-state index is 12.4. The van der Waals surface area contributed by atoms with Crippen LogP contribution in [0.25, 0.3) is 0 Å². The van der Waals surface area contributed by atoms with Gasteiger partial charge < -0.3 is 5.32 Å². The summed E-state index contributed by atoms with van der Waals surface area (Å²) in [6.45, 7) is 0.771. The second-order valence-corrected chi connectivity index (χ2v) is 6.82. The van der Waals surface area contributed by atoms with Crippen LogP contribution in [0.5, 0.6) is 0 Å². The van der Waals surface area contributed by atoms with Gasteiger partial charge in [-0.15, -0.1) is 0 Å². The number of halogens is 1. The van der Waals surface area contributed by atoms with Gasteiger partial charge in [-0.25, -0.2) is 8.42 Å². The largest absolute Gasteiger partial charge is 0.316 e. The minimum absolute atomic E-state index is 0.0958. The predicted octanol–water partition coefficient (Wildman–Crippen LogP) is 1.23. The molecule has 1 aromatic rings. The molecule has 1 N–H and O–H groups in total. The molecule has 20 heavy (non-hydrogen) atoms.